The summed E-state index contributed by atoms with van der Waals surface area (Å²) in [5, 5.41) is 13.0. The molecule has 0 unspecified atom stereocenters. The highest BCUT2D eigenvalue weighted by Gasteiger charge is 2.19. The zero-order valence-corrected chi connectivity index (χ0v) is 20.9. The molecule has 0 bridgehead atoms. The third-order valence-electron chi connectivity index (χ3n) is 5.46. The Hall–Kier alpha value is -3.30. The number of aromatic hydroxyl groups is 1. The number of aryl methyl sites for hydroxylation is 3. The highest BCUT2D eigenvalue weighted by molar-refractivity contribution is 7.98. The largest absolute Gasteiger partial charge is 0.504 e. The molecular formula is C25H25N3O4S2. The molecule has 1 amide bonds. The SMILES string of the molecule is COc1cc(CNC(=O)c2sc3nc(CSc4cc(C)ccc4C)[nH]c(=O)c3c2C)ccc1O. The van der Waals surface area contributed by atoms with Crippen molar-refractivity contribution in [2.24, 2.45) is 0 Å². The number of rotatable bonds is 7. The number of nitrogens with one attached hydrogen (secondary N) is 2. The topological polar surface area (TPSA) is 104 Å². The van der Waals surface area contributed by atoms with Gasteiger partial charge >= 0.3 is 0 Å². The molecule has 4 rings (SSSR count). The van der Waals surface area contributed by atoms with Gasteiger partial charge in [0.1, 0.15) is 10.7 Å². The first-order chi connectivity index (χ1) is 16.3. The Morgan fingerprint density at radius 1 is 1.21 bits per heavy atom. The molecule has 0 atom stereocenters. The molecule has 0 aliphatic carbocycles. The van der Waals surface area contributed by atoms with Crippen LogP contribution < -0.4 is 15.6 Å². The number of aromatic amines is 1. The van der Waals surface area contributed by atoms with E-state index in [1.807, 2.05) is 0 Å². The van der Waals surface area contributed by atoms with Gasteiger partial charge in [0.25, 0.3) is 11.5 Å². The van der Waals surface area contributed by atoms with Crippen LogP contribution in [0.1, 0.15) is 37.7 Å². The number of fused-ring (bicyclic) bond motifs is 1. The monoisotopic (exact) mass is 495 g/mol. The number of ether oxygens (including phenoxy) is 1. The van der Waals surface area contributed by atoms with Crippen LogP contribution in [0.15, 0.2) is 46.1 Å². The molecule has 34 heavy (non-hydrogen) atoms. The van der Waals surface area contributed by atoms with Crippen LogP contribution in [0, 0.1) is 20.8 Å². The van der Waals surface area contributed by atoms with Gasteiger partial charge < -0.3 is 20.1 Å². The fourth-order valence-electron chi connectivity index (χ4n) is 3.58. The first kappa shape index (κ1) is 23.8. The van der Waals surface area contributed by atoms with Crippen LogP contribution in [0.2, 0.25) is 0 Å². The van der Waals surface area contributed by atoms with Gasteiger partial charge in [-0.05, 0) is 55.7 Å². The van der Waals surface area contributed by atoms with Crippen LogP contribution in [0.5, 0.6) is 11.5 Å². The summed E-state index contributed by atoms with van der Waals surface area (Å²) in [6.07, 6.45) is 0. The Morgan fingerprint density at radius 3 is 2.76 bits per heavy atom. The highest BCUT2D eigenvalue weighted by atomic mass is 32.2. The predicted octanol–water partition coefficient (Wildman–Crippen LogP) is 4.85. The normalized spacial score (nSPS) is 11.1. The van der Waals surface area contributed by atoms with Crippen molar-refractivity contribution in [2.75, 3.05) is 7.11 Å². The number of phenolic OH excluding ortho intramolecular Hbond substituents is 1. The minimum absolute atomic E-state index is 0.0368. The van der Waals surface area contributed by atoms with Crippen molar-refractivity contribution in [1.82, 2.24) is 15.3 Å². The van der Waals surface area contributed by atoms with Crippen LogP contribution in [-0.4, -0.2) is 28.1 Å². The van der Waals surface area contributed by atoms with E-state index in [1.165, 1.54) is 35.6 Å². The Kier molecular flexibility index (Phi) is 6.95. The Labute approximate surface area is 205 Å². The van der Waals surface area contributed by atoms with Crippen molar-refractivity contribution >= 4 is 39.2 Å². The zero-order chi connectivity index (χ0) is 24.4. The quantitative estimate of drug-likeness (QED) is 0.317. The van der Waals surface area contributed by atoms with Gasteiger partial charge in [0.05, 0.1) is 23.1 Å². The van der Waals surface area contributed by atoms with Gasteiger partial charge in [-0.3, -0.25) is 9.59 Å². The summed E-state index contributed by atoms with van der Waals surface area (Å²) in [7, 11) is 1.47. The van der Waals surface area contributed by atoms with Crippen molar-refractivity contribution in [2.45, 2.75) is 38.0 Å². The lowest BCUT2D eigenvalue weighted by atomic mass is 10.2. The molecule has 9 heteroatoms. The number of aromatic nitrogens is 2. The van der Waals surface area contributed by atoms with Crippen molar-refractivity contribution < 1.29 is 14.6 Å². The van der Waals surface area contributed by atoms with Crippen LogP contribution in [0.3, 0.4) is 0 Å². The van der Waals surface area contributed by atoms with Gasteiger partial charge in [-0.15, -0.1) is 23.1 Å². The van der Waals surface area contributed by atoms with Gasteiger partial charge in [-0.1, -0.05) is 23.8 Å². The molecule has 0 saturated carbocycles. The molecule has 0 aliphatic rings. The summed E-state index contributed by atoms with van der Waals surface area (Å²) >= 11 is 2.84. The van der Waals surface area contributed by atoms with Crippen molar-refractivity contribution in [3.05, 3.63) is 79.7 Å². The van der Waals surface area contributed by atoms with Crippen molar-refractivity contribution in [1.29, 1.82) is 0 Å². The number of amides is 1. The fraction of sp³-hybridized carbons (Fsp3) is 0.240. The molecule has 0 aliphatic heterocycles. The van der Waals surface area contributed by atoms with E-state index in [2.05, 4.69) is 47.3 Å². The first-order valence-corrected chi connectivity index (χ1v) is 12.4. The second-order valence-electron chi connectivity index (χ2n) is 8.00. The smallest absolute Gasteiger partial charge is 0.261 e. The van der Waals surface area contributed by atoms with Crippen LogP contribution >= 0.6 is 23.1 Å². The van der Waals surface area contributed by atoms with E-state index in [0.29, 0.717) is 38.0 Å². The second-order valence-corrected chi connectivity index (χ2v) is 10.0. The standard InChI is InChI=1S/C25H25N3O4S2/c1-13-5-6-14(2)19(9-13)33-12-20-27-23(30)21-15(3)22(34-25(21)28-20)24(31)26-11-16-7-8-17(29)18(10-16)32-4/h5-10,29H,11-12H2,1-4H3,(H,26,31)(H,27,28,30). The van der Waals surface area contributed by atoms with Crippen LogP contribution in [0.25, 0.3) is 10.2 Å². The summed E-state index contributed by atoms with van der Waals surface area (Å²) in [4.78, 5) is 35.3. The van der Waals surface area contributed by atoms with Gasteiger partial charge in [-0.25, -0.2) is 4.98 Å². The van der Waals surface area contributed by atoms with Gasteiger partial charge in [0.2, 0.25) is 0 Å². The lowest BCUT2D eigenvalue weighted by Gasteiger charge is -2.08. The Balaban J connectivity index is 1.53. The molecule has 0 spiro atoms. The molecule has 4 aromatic rings. The predicted molar refractivity (Wildman–Crippen MR) is 136 cm³/mol. The maximum Gasteiger partial charge on any atom is 0.261 e. The van der Waals surface area contributed by atoms with Gasteiger partial charge in [0.15, 0.2) is 11.5 Å². The van der Waals surface area contributed by atoms with E-state index in [1.54, 1.807) is 30.8 Å². The molecular weight excluding hydrogens is 470 g/mol. The number of hydrogen-bond acceptors (Lipinski definition) is 7. The van der Waals surface area contributed by atoms with Crippen LogP contribution in [-0.2, 0) is 12.3 Å². The fourth-order valence-corrected chi connectivity index (χ4v) is 5.69. The number of thiophene rings is 1. The number of carbonyl (C=O) groups excluding carboxylic acids is 1. The number of carbonyl (C=O) groups is 1. The summed E-state index contributed by atoms with van der Waals surface area (Å²) in [5.74, 6) is 1.20. The molecule has 0 radical (unpaired) electrons. The third-order valence-corrected chi connectivity index (χ3v) is 7.81. The average Bonchev–Trinajstić information content (AvgIpc) is 3.15. The van der Waals surface area contributed by atoms with E-state index < -0.39 is 0 Å². The summed E-state index contributed by atoms with van der Waals surface area (Å²) in [6.45, 7) is 6.13. The third kappa shape index (κ3) is 4.95. The molecule has 2 aromatic heterocycles. The summed E-state index contributed by atoms with van der Waals surface area (Å²) < 4.78 is 5.11. The van der Waals surface area contributed by atoms with E-state index >= 15 is 0 Å². The molecule has 7 nitrogen and oxygen atoms in total. The lowest BCUT2D eigenvalue weighted by Crippen LogP contribution is -2.22. The number of nitrogens with zero attached hydrogens (tertiary/aromatic N) is 1. The maximum absolute atomic E-state index is 12.9. The van der Waals surface area contributed by atoms with Gasteiger partial charge in [-0.2, -0.15) is 0 Å². The number of benzene rings is 2. The van der Waals surface area contributed by atoms with E-state index in [-0.39, 0.29) is 23.8 Å². The van der Waals surface area contributed by atoms with Crippen LogP contribution in [0.4, 0.5) is 0 Å². The minimum Gasteiger partial charge on any atom is -0.504 e. The molecule has 3 N–H and O–H groups in total. The minimum atomic E-state index is -0.279. The van der Waals surface area contributed by atoms with E-state index in [4.69, 9.17) is 4.74 Å². The number of methoxy groups -OCH3 is 1. The molecule has 2 heterocycles. The molecule has 0 fully saturated rings. The molecule has 176 valence electrons. The summed E-state index contributed by atoms with van der Waals surface area (Å²) in [6, 6.07) is 11.2. The molecule has 0 saturated heterocycles. The number of hydrogen-bond donors (Lipinski definition) is 3. The lowest BCUT2D eigenvalue weighted by molar-refractivity contribution is 0.0954. The van der Waals surface area contributed by atoms with Crippen molar-refractivity contribution in [3.8, 4) is 11.5 Å². The average molecular weight is 496 g/mol. The second kappa shape index (κ2) is 9.90. The number of phenols is 1. The van der Waals surface area contributed by atoms with E-state index in [0.717, 1.165) is 10.5 Å². The first-order valence-electron chi connectivity index (χ1n) is 10.6. The highest BCUT2D eigenvalue weighted by Crippen LogP contribution is 2.30. The van der Waals surface area contributed by atoms with E-state index in [9.17, 15) is 14.7 Å². The maximum atomic E-state index is 12.9. The Bertz CT molecular complexity index is 1440. The zero-order valence-electron chi connectivity index (χ0n) is 19.3. The molecule has 2 aromatic carbocycles. The number of thioether (sulfide) groups is 1. The van der Waals surface area contributed by atoms with Crippen molar-refractivity contribution in [3.63, 3.8) is 0 Å². The summed E-state index contributed by atoms with van der Waals surface area (Å²) in [5.41, 5.74) is 3.51. The Morgan fingerprint density at radius 2 is 2.00 bits per heavy atom. The number of H-pyrrole nitrogens is 1. The van der Waals surface area contributed by atoms with Gasteiger partial charge in [0, 0.05) is 11.4 Å².